The zero-order valence-corrected chi connectivity index (χ0v) is 29.1. The van der Waals surface area contributed by atoms with Crippen LogP contribution in [0.15, 0.2) is 42.0 Å². The molecule has 0 bridgehead atoms. The molecule has 3 fully saturated rings. The number of imide groups is 2. The molecule has 2 aliphatic heterocycles. The van der Waals surface area contributed by atoms with E-state index in [1.165, 1.54) is 20.2 Å². The number of hydrogen-bond acceptors (Lipinski definition) is 11. The van der Waals surface area contributed by atoms with Crippen molar-refractivity contribution in [3.63, 3.8) is 0 Å². The minimum atomic E-state index is -5.17. The smallest absolute Gasteiger partial charge is 0.508 e. The molecule has 6 unspecified atom stereocenters. The molecular formula is C30H23BrCl2F3N5O10. The van der Waals surface area contributed by atoms with Crippen LogP contribution < -0.4 is 14.5 Å². The van der Waals surface area contributed by atoms with Crippen molar-refractivity contribution >= 4 is 85.5 Å². The fraction of sp³-hybridized carbons (Fsp3) is 0.400. The van der Waals surface area contributed by atoms with Crippen molar-refractivity contribution in [2.75, 3.05) is 29.3 Å². The average molecular weight is 821 g/mol. The number of nitrogens with zero attached hydrogens (tertiary/aromatic N) is 5. The summed E-state index contributed by atoms with van der Waals surface area (Å²) >= 11 is 17.2. The molecule has 270 valence electrons. The summed E-state index contributed by atoms with van der Waals surface area (Å²) in [6.45, 7) is 0. The molecule has 4 aliphatic rings. The Morgan fingerprint density at radius 3 is 2.16 bits per heavy atom. The number of phenolic OH excluding ortho intramolecular Hbond substituents is 1. The summed E-state index contributed by atoms with van der Waals surface area (Å²) in [4.78, 5) is 75.8. The van der Waals surface area contributed by atoms with Crippen LogP contribution >= 0.6 is 39.1 Å². The maximum atomic E-state index is 14.3. The maximum absolute atomic E-state index is 14.3. The van der Waals surface area contributed by atoms with Gasteiger partial charge in [-0.3, -0.25) is 44.3 Å². The number of phenols is 1. The van der Waals surface area contributed by atoms with Gasteiger partial charge in [0.1, 0.15) is 11.5 Å². The highest BCUT2D eigenvalue weighted by Gasteiger charge is 2.76. The number of benzene rings is 2. The molecule has 1 N–H and O–H groups in total. The van der Waals surface area contributed by atoms with E-state index in [0.717, 1.165) is 35.2 Å². The van der Waals surface area contributed by atoms with Gasteiger partial charge in [0.05, 0.1) is 32.8 Å². The monoisotopic (exact) mass is 819 g/mol. The van der Waals surface area contributed by atoms with Crippen LogP contribution in [0.4, 0.5) is 35.9 Å². The first-order valence-electron chi connectivity index (χ1n) is 14.8. The van der Waals surface area contributed by atoms with E-state index >= 15 is 0 Å². The van der Waals surface area contributed by atoms with Crippen molar-refractivity contribution in [3.8, 4) is 11.5 Å². The van der Waals surface area contributed by atoms with E-state index in [1.54, 1.807) is 0 Å². The van der Waals surface area contributed by atoms with Crippen molar-refractivity contribution in [2.45, 2.75) is 34.9 Å². The topological polar surface area (TPSA) is 194 Å². The predicted molar refractivity (Wildman–Crippen MR) is 175 cm³/mol. The summed E-state index contributed by atoms with van der Waals surface area (Å²) in [7, 11) is 2.66. The van der Waals surface area contributed by atoms with Crippen molar-refractivity contribution in [2.24, 2.45) is 17.8 Å². The molecular weight excluding hydrogens is 798 g/mol. The molecule has 2 heterocycles. The van der Waals surface area contributed by atoms with Gasteiger partial charge in [-0.2, -0.15) is 0 Å². The molecule has 0 aromatic heterocycles. The molecule has 1 saturated carbocycles. The van der Waals surface area contributed by atoms with Gasteiger partial charge < -0.3 is 14.7 Å². The number of nitro benzene ring substituents is 2. The number of likely N-dealkylation sites (tertiary alicyclic amines) is 1. The first kappa shape index (κ1) is 36.3. The number of carbonyl (C=O) groups is 4. The summed E-state index contributed by atoms with van der Waals surface area (Å²) in [5.74, 6) is -10.9. The zero-order chi connectivity index (χ0) is 37.7. The van der Waals surface area contributed by atoms with Crippen molar-refractivity contribution in [3.05, 3.63) is 67.8 Å². The second-order valence-corrected chi connectivity index (χ2v) is 14.3. The van der Waals surface area contributed by atoms with Crippen LogP contribution in [0.1, 0.15) is 24.3 Å². The van der Waals surface area contributed by atoms with Crippen LogP contribution in [0, 0.1) is 38.0 Å². The molecule has 2 aromatic carbocycles. The Balaban J connectivity index is 1.53. The highest BCUT2D eigenvalue weighted by Crippen LogP contribution is 2.66. The van der Waals surface area contributed by atoms with Gasteiger partial charge in [-0.05, 0) is 37.0 Å². The highest BCUT2D eigenvalue weighted by molar-refractivity contribution is 9.09. The Hall–Kier alpha value is -4.49. The first-order valence-corrected chi connectivity index (χ1v) is 16.7. The van der Waals surface area contributed by atoms with Crippen LogP contribution in [-0.4, -0.2) is 79.1 Å². The third-order valence-corrected chi connectivity index (χ3v) is 11.6. The summed E-state index contributed by atoms with van der Waals surface area (Å²) in [6, 6.07) is 4.12. The van der Waals surface area contributed by atoms with Crippen LogP contribution in [0.3, 0.4) is 0 Å². The van der Waals surface area contributed by atoms with Crippen LogP contribution in [0.2, 0.25) is 0 Å². The Labute approximate surface area is 302 Å². The third kappa shape index (κ3) is 5.22. The SMILES string of the molecule is CN(C)c1c([N+](=O)[O-])cc(N2C(=O)C3CC=C4C(CC5(Cl)C(=O)N(CBr)C(=O)C5(Cl)C4c4cc(OC(F)(F)F)ccc4O)C3C2=O)cc1[N+](=O)[O-]. The second kappa shape index (κ2) is 12.0. The quantitative estimate of drug-likeness (QED) is 0.0977. The van der Waals surface area contributed by atoms with Gasteiger partial charge in [0.2, 0.25) is 11.8 Å². The van der Waals surface area contributed by atoms with Crippen molar-refractivity contribution < 1.29 is 52.0 Å². The number of amides is 4. The molecule has 51 heavy (non-hydrogen) atoms. The van der Waals surface area contributed by atoms with Crippen LogP contribution in [0.25, 0.3) is 0 Å². The molecule has 6 rings (SSSR count). The minimum absolute atomic E-state index is 0.0995. The highest BCUT2D eigenvalue weighted by atomic mass is 79.9. The molecule has 2 aliphatic carbocycles. The molecule has 15 nitrogen and oxygen atoms in total. The number of ether oxygens (including phenoxy) is 1. The number of nitro groups is 2. The molecule has 2 saturated heterocycles. The molecule has 21 heteroatoms. The number of anilines is 2. The summed E-state index contributed by atoms with van der Waals surface area (Å²) in [5.41, 5.74) is -3.12. The lowest BCUT2D eigenvalue weighted by atomic mass is 9.56. The zero-order valence-electron chi connectivity index (χ0n) is 26.0. The van der Waals surface area contributed by atoms with E-state index in [2.05, 4.69) is 20.7 Å². The summed E-state index contributed by atoms with van der Waals surface area (Å²) in [6.07, 6.45) is -4.52. The number of aromatic hydroxyl groups is 1. The van der Waals surface area contributed by atoms with Crippen LogP contribution in [-0.2, 0) is 19.2 Å². The molecule has 0 radical (unpaired) electrons. The Kier molecular flexibility index (Phi) is 8.58. The van der Waals surface area contributed by atoms with Gasteiger partial charge in [0.25, 0.3) is 11.8 Å². The molecule has 2 aromatic rings. The minimum Gasteiger partial charge on any atom is -0.508 e. The normalized spacial score (nSPS) is 28.7. The average Bonchev–Trinajstić information content (AvgIpc) is 3.38. The largest absolute Gasteiger partial charge is 0.573 e. The van der Waals surface area contributed by atoms with Crippen molar-refractivity contribution in [1.29, 1.82) is 0 Å². The third-order valence-electron chi connectivity index (χ3n) is 9.71. The van der Waals surface area contributed by atoms with E-state index in [4.69, 9.17) is 23.2 Å². The number of allylic oxidation sites excluding steroid dienone is 2. The van der Waals surface area contributed by atoms with E-state index in [0.29, 0.717) is 9.80 Å². The lowest BCUT2D eigenvalue weighted by Gasteiger charge is -2.50. The van der Waals surface area contributed by atoms with Gasteiger partial charge in [0, 0.05) is 37.7 Å². The molecule has 6 atom stereocenters. The number of halogens is 6. The number of alkyl halides is 6. The van der Waals surface area contributed by atoms with Gasteiger partial charge in [-0.1, -0.05) is 27.6 Å². The maximum Gasteiger partial charge on any atom is 0.573 e. The van der Waals surface area contributed by atoms with E-state index in [-0.39, 0.29) is 12.0 Å². The van der Waals surface area contributed by atoms with Gasteiger partial charge in [-0.15, -0.1) is 36.4 Å². The lowest BCUT2D eigenvalue weighted by molar-refractivity contribution is -0.392. The van der Waals surface area contributed by atoms with Gasteiger partial charge in [0.15, 0.2) is 15.4 Å². The Bertz CT molecular complexity index is 1960. The van der Waals surface area contributed by atoms with Crippen molar-refractivity contribution in [1.82, 2.24) is 4.90 Å². The van der Waals surface area contributed by atoms with E-state index in [1.807, 2.05) is 0 Å². The number of rotatable bonds is 7. The van der Waals surface area contributed by atoms with Gasteiger partial charge in [-0.25, -0.2) is 4.90 Å². The molecule has 0 spiro atoms. The number of carbonyl (C=O) groups excluding carboxylic acids is 4. The second-order valence-electron chi connectivity index (χ2n) is 12.5. The lowest BCUT2D eigenvalue weighted by Crippen LogP contribution is -2.60. The molecule has 4 amide bonds. The Morgan fingerprint density at radius 1 is 1.02 bits per heavy atom. The first-order chi connectivity index (χ1) is 23.7. The van der Waals surface area contributed by atoms with Gasteiger partial charge >= 0.3 is 17.7 Å². The Morgan fingerprint density at radius 2 is 1.63 bits per heavy atom. The summed E-state index contributed by atoms with van der Waals surface area (Å²) in [5, 5.41) is 35.1. The standard InChI is InChI=1S/C30H23BrCl2F3N5O10/c1-37(2)23-18(40(47)48)7-12(8-19(23)41(49)50)39-24(43)15-5-4-14-17(21(15)25(39)44)10-28(32)26(45)38(11-31)27(46)29(28,33)22(14)16-9-13(3-6-20(16)42)51-30(34,35)36/h3-4,6-9,15,17,21-22,42H,5,10-11H2,1-2H3. The van der Waals surface area contributed by atoms with E-state index in [9.17, 15) is 57.7 Å². The fourth-order valence-corrected chi connectivity index (χ4v) is 9.19. The summed E-state index contributed by atoms with van der Waals surface area (Å²) < 4.78 is 43.8. The predicted octanol–water partition coefficient (Wildman–Crippen LogP) is 5.09. The number of hydrogen-bond donors (Lipinski definition) is 1. The van der Waals surface area contributed by atoms with Crippen LogP contribution in [0.5, 0.6) is 11.5 Å². The number of fused-ring (bicyclic) bond motifs is 4. The van der Waals surface area contributed by atoms with E-state index < -0.39 is 125 Å². The fourth-order valence-electron chi connectivity index (χ4n) is 7.77.